The quantitative estimate of drug-likeness (QED) is 0.413. The Morgan fingerprint density at radius 3 is 2.79 bits per heavy atom. The van der Waals surface area contributed by atoms with Crippen molar-refractivity contribution in [3.05, 3.63) is 67.0 Å². The standard InChI is InChI=1S/C23H19N7O3/c1-2-18(31)28-15-6-3-13(4-7-15)20-19(21-22(24)26-12-27-30(21)29-20)14-5-8-16-17(11-14)33-10-9-25-23(16)32/h2-8,11-12H,1,9-10H2,(H,25,32)(H,28,31)(H2,24,26,27). The molecule has 0 atom stereocenters. The third-order valence-electron chi connectivity index (χ3n) is 5.24. The fraction of sp³-hybridized carbons (Fsp3) is 0.0870. The second kappa shape index (κ2) is 8.08. The molecule has 5 rings (SSSR count). The molecule has 0 saturated carbocycles. The molecule has 10 nitrogen and oxygen atoms in total. The van der Waals surface area contributed by atoms with Crippen LogP contribution in [0.2, 0.25) is 0 Å². The van der Waals surface area contributed by atoms with Crippen molar-refractivity contribution in [3.63, 3.8) is 0 Å². The second-order valence-electron chi connectivity index (χ2n) is 7.29. The Labute approximate surface area is 188 Å². The first-order valence-corrected chi connectivity index (χ1v) is 10.1. The number of nitrogen functional groups attached to an aromatic ring is 1. The van der Waals surface area contributed by atoms with Crippen LogP contribution < -0.4 is 21.1 Å². The number of anilines is 2. The van der Waals surface area contributed by atoms with Crippen molar-refractivity contribution in [2.45, 2.75) is 0 Å². The largest absolute Gasteiger partial charge is 0.491 e. The van der Waals surface area contributed by atoms with E-state index < -0.39 is 0 Å². The van der Waals surface area contributed by atoms with Crippen LogP contribution in [0.4, 0.5) is 11.5 Å². The number of rotatable bonds is 4. The average Bonchev–Trinajstić information content (AvgIpc) is 3.13. The van der Waals surface area contributed by atoms with E-state index in [2.05, 4.69) is 32.4 Å². The number of carbonyl (C=O) groups is 2. The minimum absolute atomic E-state index is 0.186. The summed E-state index contributed by atoms with van der Waals surface area (Å²) in [6.45, 7) is 4.25. The van der Waals surface area contributed by atoms with E-state index in [9.17, 15) is 9.59 Å². The topological polar surface area (TPSA) is 137 Å². The van der Waals surface area contributed by atoms with Crippen molar-refractivity contribution in [2.75, 3.05) is 24.2 Å². The van der Waals surface area contributed by atoms with Gasteiger partial charge >= 0.3 is 0 Å². The zero-order valence-electron chi connectivity index (χ0n) is 17.4. The summed E-state index contributed by atoms with van der Waals surface area (Å²) in [5, 5.41) is 14.4. The molecule has 0 bridgehead atoms. The summed E-state index contributed by atoms with van der Waals surface area (Å²) in [6.07, 6.45) is 2.54. The molecule has 1 aliphatic rings. The molecule has 33 heavy (non-hydrogen) atoms. The van der Waals surface area contributed by atoms with E-state index in [1.54, 1.807) is 24.3 Å². The van der Waals surface area contributed by atoms with Gasteiger partial charge in [-0.3, -0.25) is 9.59 Å². The molecule has 0 saturated heterocycles. The predicted octanol–water partition coefficient (Wildman–Crippen LogP) is 2.29. The number of fused-ring (bicyclic) bond motifs is 2. The number of carbonyl (C=O) groups excluding carboxylic acids is 2. The van der Waals surface area contributed by atoms with E-state index in [-0.39, 0.29) is 17.6 Å². The van der Waals surface area contributed by atoms with Gasteiger partial charge < -0.3 is 21.1 Å². The molecular weight excluding hydrogens is 422 g/mol. The number of amides is 2. The van der Waals surface area contributed by atoms with Gasteiger partial charge in [-0.1, -0.05) is 24.8 Å². The lowest BCUT2D eigenvalue weighted by Gasteiger charge is -2.10. The molecule has 2 amide bonds. The lowest BCUT2D eigenvalue weighted by molar-refractivity contribution is -0.111. The van der Waals surface area contributed by atoms with Gasteiger partial charge in [0.1, 0.15) is 29.9 Å². The smallest absolute Gasteiger partial charge is 0.255 e. The fourth-order valence-electron chi connectivity index (χ4n) is 3.70. The Bertz CT molecular complexity index is 1410. The van der Waals surface area contributed by atoms with Gasteiger partial charge in [0.25, 0.3) is 5.91 Å². The maximum atomic E-state index is 12.3. The number of nitrogens with zero attached hydrogens (tertiary/aromatic N) is 4. The average molecular weight is 441 g/mol. The van der Waals surface area contributed by atoms with Crippen LogP contribution in [-0.2, 0) is 4.79 Å². The molecule has 4 N–H and O–H groups in total. The van der Waals surface area contributed by atoms with E-state index in [0.717, 1.165) is 11.1 Å². The van der Waals surface area contributed by atoms with Gasteiger partial charge in [-0.25, -0.2) is 4.98 Å². The third kappa shape index (κ3) is 3.63. The van der Waals surface area contributed by atoms with Crippen molar-refractivity contribution in [1.29, 1.82) is 0 Å². The lowest BCUT2D eigenvalue weighted by Crippen LogP contribution is -2.24. The summed E-state index contributed by atoms with van der Waals surface area (Å²) in [5.41, 5.74) is 10.7. The Hall–Kier alpha value is -4.73. The molecule has 0 radical (unpaired) electrons. The van der Waals surface area contributed by atoms with Crippen LogP contribution in [0, 0.1) is 0 Å². The number of hydrogen-bond donors (Lipinski definition) is 3. The highest BCUT2D eigenvalue weighted by Crippen LogP contribution is 2.39. The first-order valence-electron chi connectivity index (χ1n) is 10.1. The molecule has 4 aromatic rings. The number of benzene rings is 2. The molecule has 0 spiro atoms. The first kappa shape index (κ1) is 20.2. The Morgan fingerprint density at radius 2 is 2.00 bits per heavy atom. The van der Waals surface area contributed by atoms with Crippen molar-refractivity contribution < 1.29 is 14.3 Å². The van der Waals surface area contributed by atoms with Gasteiger partial charge in [-0.2, -0.15) is 0 Å². The Balaban J connectivity index is 1.67. The molecule has 0 unspecified atom stereocenters. The second-order valence-corrected chi connectivity index (χ2v) is 7.29. The zero-order valence-corrected chi connectivity index (χ0v) is 17.4. The predicted molar refractivity (Wildman–Crippen MR) is 123 cm³/mol. The van der Waals surface area contributed by atoms with E-state index in [0.29, 0.717) is 46.9 Å². The normalized spacial score (nSPS) is 12.9. The van der Waals surface area contributed by atoms with Gasteiger partial charge in [0.2, 0.25) is 5.91 Å². The van der Waals surface area contributed by atoms with Crippen LogP contribution in [0.5, 0.6) is 5.75 Å². The van der Waals surface area contributed by atoms with Gasteiger partial charge in [-0.15, -0.1) is 14.8 Å². The summed E-state index contributed by atoms with van der Waals surface area (Å²) < 4.78 is 7.22. The molecule has 164 valence electrons. The Morgan fingerprint density at radius 1 is 1.21 bits per heavy atom. The molecule has 0 aliphatic carbocycles. The van der Waals surface area contributed by atoms with Crippen molar-refractivity contribution in [1.82, 2.24) is 25.1 Å². The highest BCUT2D eigenvalue weighted by Gasteiger charge is 2.23. The zero-order chi connectivity index (χ0) is 22.9. The van der Waals surface area contributed by atoms with Crippen molar-refractivity contribution >= 4 is 28.8 Å². The van der Waals surface area contributed by atoms with E-state index in [1.807, 2.05) is 18.2 Å². The Kier molecular flexibility index (Phi) is 4.94. The van der Waals surface area contributed by atoms with Crippen LogP contribution in [0.15, 0.2) is 61.4 Å². The van der Waals surface area contributed by atoms with Crippen LogP contribution in [0.3, 0.4) is 0 Å². The third-order valence-corrected chi connectivity index (χ3v) is 5.24. The number of ether oxygens (including phenoxy) is 1. The molecule has 10 heteroatoms. The van der Waals surface area contributed by atoms with Crippen molar-refractivity contribution in [3.8, 4) is 28.1 Å². The molecule has 2 aromatic heterocycles. The van der Waals surface area contributed by atoms with Gasteiger partial charge in [0.05, 0.1) is 12.1 Å². The van der Waals surface area contributed by atoms with E-state index in [1.165, 1.54) is 17.0 Å². The maximum Gasteiger partial charge on any atom is 0.255 e. The number of hydrogen-bond acceptors (Lipinski definition) is 7. The van der Waals surface area contributed by atoms with E-state index >= 15 is 0 Å². The summed E-state index contributed by atoms with van der Waals surface area (Å²) in [4.78, 5) is 28.0. The van der Waals surface area contributed by atoms with Gasteiger partial charge in [0, 0.05) is 16.8 Å². The summed E-state index contributed by atoms with van der Waals surface area (Å²) in [7, 11) is 0. The van der Waals surface area contributed by atoms with Crippen LogP contribution in [0.1, 0.15) is 10.4 Å². The minimum Gasteiger partial charge on any atom is -0.491 e. The van der Waals surface area contributed by atoms with Crippen LogP contribution in [-0.4, -0.2) is 44.8 Å². The lowest BCUT2D eigenvalue weighted by atomic mass is 9.98. The van der Waals surface area contributed by atoms with Crippen molar-refractivity contribution in [2.24, 2.45) is 0 Å². The molecule has 0 fully saturated rings. The SMILES string of the molecule is C=CC(=O)Nc1ccc(-c2nn3ncnc(N)c3c2-c2ccc3c(c2)OCCNC3=O)cc1. The molecule has 3 heterocycles. The summed E-state index contributed by atoms with van der Waals surface area (Å²) in [5.74, 6) is 0.260. The molecular formula is C23H19N7O3. The summed E-state index contributed by atoms with van der Waals surface area (Å²) in [6, 6.07) is 12.5. The van der Waals surface area contributed by atoms with Crippen LogP contribution in [0.25, 0.3) is 27.9 Å². The monoisotopic (exact) mass is 441 g/mol. The number of nitrogens with two attached hydrogens (primary N) is 1. The first-order chi connectivity index (χ1) is 16.0. The molecule has 2 aromatic carbocycles. The molecule has 1 aliphatic heterocycles. The van der Waals surface area contributed by atoms with Gasteiger partial charge in [-0.05, 0) is 35.9 Å². The minimum atomic E-state index is -0.298. The fourth-order valence-corrected chi connectivity index (χ4v) is 3.70. The summed E-state index contributed by atoms with van der Waals surface area (Å²) >= 11 is 0. The maximum absolute atomic E-state index is 12.3. The van der Waals surface area contributed by atoms with Crippen LogP contribution >= 0.6 is 0 Å². The van der Waals surface area contributed by atoms with E-state index in [4.69, 9.17) is 10.5 Å². The van der Waals surface area contributed by atoms with Gasteiger partial charge in [0.15, 0.2) is 5.82 Å². The number of nitrogens with one attached hydrogen (secondary N) is 2. The highest BCUT2D eigenvalue weighted by atomic mass is 16.5. The number of aromatic nitrogens is 4. The highest BCUT2D eigenvalue weighted by molar-refractivity contribution is 6.01.